The molecule has 0 aromatic carbocycles. The number of ketones is 1. The first kappa shape index (κ1) is 12.4. The first-order valence-electron chi connectivity index (χ1n) is 6.37. The second-order valence-electron chi connectivity index (χ2n) is 6.19. The van der Waals surface area contributed by atoms with Crippen molar-refractivity contribution in [1.29, 1.82) is 0 Å². The van der Waals surface area contributed by atoms with Crippen LogP contribution in [0, 0.1) is 11.8 Å². The zero-order chi connectivity index (χ0) is 12.6. The van der Waals surface area contributed by atoms with E-state index in [2.05, 4.69) is 5.32 Å². The van der Waals surface area contributed by atoms with Crippen molar-refractivity contribution < 1.29 is 14.3 Å². The number of hydrogen-bond donors (Lipinski definition) is 1. The molecule has 0 radical (unpaired) electrons. The molecule has 96 valence electrons. The van der Waals surface area contributed by atoms with Crippen LogP contribution < -0.4 is 5.32 Å². The highest BCUT2D eigenvalue weighted by atomic mass is 16.6. The van der Waals surface area contributed by atoms with E-state index < -0.39 is 5.60 Å². The van der Waals surface area contributed by atoms with Gasteiger partial charge in [-0.1, -0.05) is 0 Å². The summed E-state index contributed by atoms with van der Waals surface area (Å²) in [7, 11) is 0. The fourth-order valence-electron chi connectivity index (χ4n) is 2.83. The van der Waals surface area contributed by atoms with Crippen molar-refractivity contribution in [2.75, 3.05) is 0 Å². The number of carbonyl (C=O) groups excluding carboxylic acids is 2. The lowest BCUT2D eigenvalue weighted by Gasteiger charge is -2.41. The minimum absolute atomic E-state index is 0.126. The largest absolute Gasteiger partial charge is 0.444 e. The van der Waals surface area contributed by atoms with Crippen molar-refractivity contribution >= 4 is 11.9 Å². The highest BCUT2D eigenvalue weighted by molar-refractivity contribution is 5.83. The number of hydrogen-bond acceptors (Lipinski definition) is 3. The van der Waals surface area contributed by atoms with Crippen LogP contribution in [0.15, 0.2) is 0 Å². The molecule has 4 heteroatoms. The van der Waals surface area contributed by atoms with Gasteiger partial charge in [0.15, 0.2) is 0 Å². The molecule has 3 rings (SSSR count). The third-order valence-corrected chi connectivity index (χ3v) is 3.61. The number of alkyl carbamates (subject to hydrolysis) is 1. The van der Waals surface area contributed by atoms with Gasteiger partial charge in [-0.05, 0) is 46.0 Å². The fourth-order valence-corrected chi connectivity index (χ4v) is 2.83. The van der Waals surface area contributed by atoms with Gasteiger partial charge in [-0.3, -0.25) is 4.79 Å². The van der Waals surface area contributed by atoms with Crippen LogP contribution in [0.3, 0.4) is 0 Å². The van der Waals surface area contributed by atoms with Gasteiger partial charge in [0.05, 0.1) is 0 Å². The maximum Gasteiger partial charge on any atom is 0.407 e. The molecule has 4 nitrogen and oxygen atoms in total. The van der Waals surface area contributed by atoms with E-state index in [1.807, 2.05) is 20.8 Å². The van der Waals surface area contributed by atoms with Crippen LogP contribution in [0.5, 0.6) is 0 Å². The Balaban J connectivity index is 1.89. The molecule has 0 aromatic heterocycles. The Morgan fingerprint density at radius 1 is 1.35 bits per heavy atom. The van der Waals surface area contributed by atoms with Crippen molar-refractivity contribution in [3.8, 4) is 0 Å². The Hall–Kier alpha value is -1.06. The second-order valence-corrected chi connectivity index (χ2v) is 6.19. The summed E-state index contributed by atoms with van der Waals surface area (Å²) in [6, 6.07) is 0.126. The lowest BCUT2D eigenvalue weighted by molar-refractivity contribution is -0.130. The molecule has 3 fully saturated rings. The summed E-state index contributed by atoms with van der Waals surface area (Å²) in [5.41, 5.74) is -0.465. The molecule has 0 heterocycles. The van der Waals surface area contributed by atoms with Crippen molar-refractivity contribution in [1.82, 2.24) is 5.32 Å². The number of amides is 1. The normalized spacial score (nSPS) is 32.4. The van der Waals surface area contributed by atoms with Crippen molar-refractivity contribution in [3.05, 3.63) is 0 Å². The predicted molar refractivity (Wildman–Crippen MR) is 63.6 cm³/mol. The first-order chi connectivity index (χ1) is 7.85. The molecule has 0 saturated heterocycles. The lowest BCUT2D eigenvalue weighted by atomic mass is 9.67. The molecule has 1 N–H and O–H groups in total. The van der Waals surface area contributed by atoms with Crippen LogP contribution in [0.4, 0.5) is 4.79 Å². The van der Waals surface area contributed by atoms with Gasteiger partial charge in [-0.25, -0.2) is 4.79 Å². The van der Waals surface area contributed by atoms with Gasteiger partial charge < -0.3 is 10.1 Å². The third-order valence-electron chi connectivity index (χ3n) is 3.61. The van der Waals surface area contributed by atoms with E-state index in [4.69, 9.17) is 4.74 Å². The number of ether oxygens (including phenoxy) is 1. The minimum atomic E-state index is -0.465. The monoisotopic (exact) mass is 239 g/mol. The quantitative estimate of drug-likeness (QED) is 0.763. The topological polar surface area (TPSA) is 55.4 Å². The van der Waals surface area contributed by atoms with Gasteiger partial charge in [0, 0.05) is 18.4 Å². The summed E-state index contributed by atoms with van der Waals surface area (Å²) < 4.78 is 5.24. The lowest BCUT2D eigenvalue weighted by Crippen LogP contribution is -2.51. The predicted octanol–water partition coefficient (Wildman–Crippen LogP) is 2.27. The summed E-state index contributed by atoms with van der Waals surface area (Å²) in [6.07, 6.45) is 3.11. The van der Waals surface area contributed by atoms with E-state index in [-0.39, 0.29) is 18.1 Å². The standard InChI is InChI=1S/C13H21NO3/c1-13(2,3)17-12(16)14-10-6-9-5-4-8(10)7-11(9)15/h8-10H,4-7H2,1-3H3,(H,14,16)/t8-,9-,10?/m1/s1. The van der Waals surface area contributed by atoms with Gasteiger partial charge in [0.1, 0.15) is 11.4 Å². The Kier molecular flexibility index (Phi) is 3.15. The Morgan fingerprint density at radius 3 is 2.53 bits per heavy atom. The molecule has 3 aliphatic rings. The summed E-state index contributed by atoms with van der Waals surface area (Å²) in [5.74, 6) is 0.864. The Morgan fingerprint density at radius 2 is 2.06 bits per heavy atom. The molecular formula is C13H21NO3. The van der Waals surface area contributed by atoms with Crippen molar-refractivity contribution in [2.24, 2.45) is 11.8 Å². The van der Waals surface area contributed by atoms with E-state index in [9.17, 15) is 9.59 Å². The zero-order valence-electron chi connectivity index (χ0n) is 10.8. The van der Waals surface area contributed by atoms with E-state index in [1.165, 1.54) is 0 Å². The maximum atomic E-state index is 11.7. The molecule has 0 spiro atoms. The number of rotatable bonds is 1. The molecule has 1 amide bonds. The van der Waals surface area contributed by atoms with Gasteiger partial charge >= 0.3 is 6.09 Å². The van der Waals surface area contributed by atoms with E-state index in [0.29, 0.717) is 18.1 Å². The Labute approximate surface area is 102 Å². The van der Waals surface area contributed by atoms with Gasteiger partial charge in [0.2, 0.25) is 0 Å². The molecule has 3 aliphatic carbocycles. The number of fused-ring (bicyclic) bond motifs is 3. The van der Waals surface area contributed by atoms with Crippen LogP contribution in [0.25, 0.3) is 0 Å². The molecule has 17 heavy (non-hydrogen) atoms. The number of nitrogens with one attached hydrogen (secondary N) is 1. The van der Waals surface area contributed by atoms with Crippen LogP contribution in [-0.4, -0.2) is 23.5 Å². The molecular weight excluding hydrogens is 218 g/mol. The summed E-state index contributed by atoms with van der Waals surface area (Å²) in [4.78, 5) is 23.2. The molecule has 3 atom stereocenters. The molecule has 0 aliphatic heterocycles. The van der Waals surface area contributed by atoms with Crippen LogP contribution in [-0.2, 0) is 9.53 Å². The maximum absolute atomic E-state index is 11.7. The van der Waals surface area contributed by atoms with Gasteiger partial charge in [-0.2, -0.15) is 0 Å². The summed E-state index contributed by atoms with van der Waals surface area (Å²) in [5, 5.41) is 2.91. The summed E-state index contributed by atoms with van der Waals surface area (Å²) >= 11 is 0. The smallest absolute Gasteiger partial charge is 0.407 e. The minimum Gasteiger partial charge on any atom is -0.444 e. The summed E-state index contributed by atoms with van der Waals surface area (Å²) in [6.45, 7) is 5.55. The molecule has 0 aromatic rings. The van der Waals surface area contributed by atoms with E-state index >= 15 is 0 Å². The van der Waals surface area contributed by atoms with Crippen molar-refractivity contribution in [3.63, 3.8) is 0 Å². The van der Waals surface area contributed by atoms with Crippen molar-refractivity contribution in [2.45, 2.75) is 58.1 Å². The average Bonchev–Trinajstić information content (AvgIpc) is 2.16. The van der Waals surface area contributed by atoms with E-state index in [1.54, 1.807) is 0 Å². The highest BCUT2D eigenvalue weighted by Gasteiger charge is 2.41. The third kappa shape index (κ3) is 2.99. The van der Waals surface area contributed by atoms with Crippen LogP contribution >= 0.6 is 0 Å². The van der Waals surface area contributed by atoms with E-state index in [0.717, 1.165) is 19.3 Å². The van der Waals surface area contributed by atoms with Crippen LogP contribution in [0.1, 0.15) is 46.5 Å². The average molecular weight is 239 g/mol. The SMILES string of the molecule is CC(C)(C)OC(=O)NC1C[C@H]2CC[C@@H]1CC2=O. The molecule has 3 saturated carbocycles. The molecule has 2 bridgehead atoms. The first-order valence-corrected chi connectivity index (χ1v) is 6.37. The fraction of sp³-hybridized carbons (Fsp3) is 0.846. The highest BCUT2D eigenvalue weighted by Crippen LogP contribution is 2.39. The zero-order valence-corrected chi connectivity index (χ0v) is 10.8. The van der Waals surface area contributed by atoms with Gasteiger partial charge in [-0.15, -0.1) is 0 Å². The second kappa shape index (κ2) is 4.31. The van der Waals surface area contributed by atoms with Crippen LogP contribution in [0.2, 0.25) is 0 Å². The number of Topliss-reactive ketones (excluding diaryl/α,β-unsaturated/α-hetero) is 1. The number of carbonyl (C=O) groups is 2. The molecule has 1 unspecified atom stereocenters. The Bertz CT molecular complexity index is 332. The van der Waals surface area contributed by atoms with Gasteiger partial charge in [0.25, 0.3) is 0 Å².